The van der Waals surface area contributed by atoms with E-state index in [1.807, 2.05) is 19.9 Å². The zero-order chi connectivity index (χ0) is 21.6. The van der Waals surface area contributed by atoms with Crippen LogP contribution in [-0.2, 0) is 6.42 Å². The van der Waals surface area contributed by atoms with Gasteiger partial charge in [0.1, 0.15) is 22.8 Å². The number of carbonyl (C=O) groups is 1. The summed E-state index contributed by atoms with van der Waals surface area (Å²) >= 11 is 0. The molecule has 0 aliphatic rings. The lowest BCUT2D eigenvalue weighted by Gasteiger charge is -2.14. The summed E-state index contributed by atoms with van der Waals surface area (Å²) in [4.78, 5) is 16.0. The van der Waals surface area contributed by atoms with Gasteiger partial charge in [-0.3, -0.25) is 0 Å². The fraction of sp³-hybridized carbons (Fsp3) is 0.273. The van der Waals surface area contributed by atoms with Gasteiger partial charge in [-0.25, -0.2) is 9.78 Å². The van der Waals surface area contributed by atoms with Crippen LogP contribution in [0, 0.1) is 0 Å². The maximum atomic E-state index is 11.9. The fourth-order valence-corrected chi connectivity index (χ4v) is 2.78. The van der Waals surface area contributed by atoms with E-state index in [1.54, 1.807) is 24.3 Å². The molecule has 0 saturated heterocycles. The third-order valence-electron chi connectivity index (χ3n) is 4.27. The number of carboxylic acids is 1. The molecule has 0 fully saturated rings. The molecule has 7 heteroatoms. The van der Waals surface area contributed by atoms with E-state index in [4.69, 9.17) is 14.2 Å². The Morgan fingerprint density at radius 1 is 1.07 bits per heavy atom. The molecular formula is C22H25NO6. The molecular weight excluding hydrogens is 374 g/mol. The summed E-state index contributed by atoms with van der Waals surface area (Å²) in [7, 11) is 4.49. The van der Waals surface area contributed by atoms with Crippen LogP contribution < -0.4 is 14.2 Å². The zero-order valence-electron chi connectivity index (χ0n) is 17.1. The highest BCUT2D eigenvalue weighted by molar-refractivity contribution is 5.97. The summed E-state index contributed by atoms with van der Waals surface area (Å²) in [6.45, 7) is 3.85. The van der Waals surface area contributed by atoms with E-state index in [-0.39, 0.29) is 16.9 Å². The number of phenols is 1. The number of allylic oxidation sites excluding steroid dienone is 2. The van der Waals surface area contributed by atoms with Crippen molar-refractivity contribution in [2.45, 2.75) is 20.3 Å². The van der Waals surface area contributed by atoms with Gasteiger partial charge in [0.25, 0.3) is 0 Å². The van der Waals surface area contributed by atoms with Crippen molar-refractivity contribution in [3.8, 4) is 23.1 Å². The largest absolute Gasteiger partial charge is 0.507 e. The minimum atomic E-state index is -1.24. The van der Waals surface area contributed by atoms with Gasteiger partial charge >= 0.3 is 5.97 Å². The highest BCUT2D eigenvalue weighted by atomic mass is 16.5. The summed E-state index contributed by atoms with van der Waals surface area (Å²) in [5, 5.41) is 20.3. The number of rotatable bonds is 8. The van der Waals surface area contributed by atoms with Crippen LogP contribution in [0.25, 0.3) is 12.2 Å². The lowest BCUT2D eigenvalue weighted by atomic mass is 9.97. The first-order valence-electron chi connectivity index (χ1n) is 8.87. The van der Waals surface area contributed by atoms with Crippen LogP contribution >= 0.6 is 0 Å². The van der Waals surface area contributed by atoms with Gasteiger partial charge in [0, 0.05) is 11.1 Å². The summed E-state index contributed by atoms with van der Waals surface area (Å²) in [6.07, 6.45) is 6.98. The van der Waals surface area contributed by atoms with E-state index in [1.165, 1.54) is 27.5 Å². The first-order valence-corrected chi connectivity index (χ1v) is 8.87. The first-order chi connectivity index (χ1) is 13.8. The van der Waals surface area contributed by atoms with Gasteiger partial charge in [0.2, 0.25) is 5.88 Å². The van der Waals surface area contributed by atoms with Crippen molar-refractivity contribution in [2.24, 2.45) is 0 Å². The summed E-state index contributed by atoms with van der Waals surface area (Å²) < 4.78 is 15.8. The Labute approximate surface area is 169 Å². The quantitative estimate of drug-likeness (QED) is 0.642. The third kappa shape index (κ3) is 5.07. The SMILES string of the molecule is COc1cnc(OC)c(/C=C/c2cc(OC)c(CC=C(C)C)c(O)c2C(=O)O)c1. The van der Waals surface area contributed by atoms with Gasteiger partial charge in [-0.1, -0.05) is 17.7 Å². The van der Waals surface area contributed by atoms with Crippen LogP contribution in [0.15, 0.2) is 30.0 Å². The Kier molecular flexibility index (Phi) is 7.25. The molecule has 1 aromatic heterocycles. The molecule has 2 aromatic rings. The number of carboxylic acid groups (broad SMARTS) is 1. The topological polar surface area (TPSA) is 98.1 Å². The van der Waals surface area contributed by atoms with Crippen molar-refractivity contribution >= 4 is 18.1 Å². The number of methoxy groups -OCH3 is 3. The Balaban J connectivity index is 2.61. The number of aromatic nitrogens is 1. The molecule has 0 amide bonds. The summed E-state index contributed by atoms with van der Waals surface area (Å²) in [6, 6.07) is 3.30. The standard InChI is InChI=1S/C22H25NO6/c1-13(2)6-9-17-18(28-4)11-14(19(20(17)24)22(25)26)7-8-15-10-16(27-3)12-23-21(15)29-5/h6-8,10-12,24H,9H2,1-5H3,(H,25,26)/b8-7+. The average molecular weight is 399 g/mol. The lowest BCUT2D eigenvalue weighted by molar-refractivity contribution is 0.0693. The van der Waals surface area contributed by atoms with Crippen LogP contribution in [0.4, 0.5) is 0 Å². The number of aromatic carboxylic acids is 1. The van der Waals surface area contributed by atoms with E-state index in [9.17, 15) is 15.0 Å². The number of pyridine rings is 1. The molecule has 1 heterocycles. The maximum Gasteiger partial charge on any atom is 0.340 e. The van der Waals surface area contributed by atoms with Crippen LogP contribution in [0.5, 0.6) is 23.1 Å². The van der Waals surface area contributed by atoms with Gasteiger partial charge in [0.15, 0.2) is 0 Å². The Morgan fingerprint density at radius 3 is 2.31 bits per heavy atom. The predicted octanol–water partition coefficient (Wildman–Crippen LogP) is 4.19. The van der Waals surface area contributed by atoms with Crippen molar-refractivity contribution in [2.75, 3.05) is 21.3 Å². The summed E-state index contributed by atoms with van der Waals surface area (Å²) in [5.74, 6) is -0.263. The van der Waals surface area contributed by atoms with Crippen LogP contribution in [0.3, 0.4) is 0 Å². The van der Waals surface area contributed by atoms with Crippen molar-refractivity contribution in [3.05, 3.63) is 52.2 Å². The highest BCUT2D eigenvalue weighted by Gasteiger charge is 2.21. The van der Waals surface area contributed by atoms with Gasteiger partial charge < -0.3 is 24.4 Å². The second kappa shape index (κ2) is 9.64. The zero-order valence-corrected chi connectivity index (χ0v) is 17.1. The smallest absolute Gasteiger partial charge is 0.340 e. The van der Waals surface area contributed by atoms with Gasteiger partial charge in [-0.05, 0) is 44.0 Å². The maximum absolute atomic E-state index is 11.9. The molecule has 0 unspecified atom stereocenters. The molecule has 0 bridgehead atoms. The molecule has 0 aliphatic heterocycles. The fourth-order valence-electron chi connectivity index (χ4n) is 2.78. The second-order valence-corrected chi connectivity index (χ2v) is 6.47. The van der Waals surface area contributed by atoms with Crippen LogP contribution in [-0.4, -0.2) is 42.5 Å². The van der Waals surface area contributed by atoms with Crippen molar-refractivity contribution in [1.82, 2.24) is 4.98 Å². The second-order valence-electron chi connectivity index (χ2n) is 6.47. The van der Waals surface area contributed by atoms with E-state index in [2.05, 4.69) is 4.98 Å². The Hall–Kier alpha value is -3.48. The van der Waals surface area contributed by atoms with Gasteiger partial charge in [-0.15, -0.1) is 0 Å². The highest BCUT2D eigenvalue weighted by Crippen LogP contribution is 2.36. The Bertz CT molecular complexity index is 958. The molecule has 1 aromatic carbocycles. The number of hydrogen-bond donors (Lipinski definition) is 2. The Morgan fingerprint density at radius 2 is 1.76 bits per heavy atom. The first kappa shape index (κ1) is 21.8. The normalized spacial score (nSPS) is 10.7. The van der Waals surface area contributed by atoms with E-state index in [0.29, 0.717) is 34.9 Å². The number of aromatic hydroxyl groups is 1. The van der Waals surface area contributed by atoms with Gasteiger partial charge in [-0.2, -0.15) is 0 Å². The molecule has 154 valence electrons. The van der Waals surface area contributed by atoms with Crippen molar-refractivity contribution < 1.29 is 29.2 Å². The summed E-state index contributed by atoms with van der Waals surface area (Å²) in [5.41, 5.74) is 2.15. The molecule has 0 radical (unpaired) electrons. The van der Waals surface area contributed by atoms with E-state index < -0.39 is 5.97 Å². The lowest BCUT2D eigenvalue weighted by Crippen LogP contribution is -2.04. The van der Waals surface area contributed by atoms with Gasteiger partial charge in [0.05, 0.1) is 27.5 Å². The van der Waals surface area contributed by atoms with E-state index in [0.717, 1.165) is 5.57 Å². The molecule has 29 heavy (non-hydrogen) atoms. The van der Waals surface area contributed by atoms with Crippen molar-refractivity contribution in [1.29, 1.82) is 0 Å². The molecule has 2 rings (SSSR count). The van der Waals surface area contributed by atoms with Crippen LogP contribution in [0.2, 0.25) is 0 Å². The molecule has 0 atom stereocenters. The number of ether oxygens (including phenoxy) is 3. The minimum Gasteiger partial charge on any atom is -0.507 e. The molecule has 2 N–H and O–H groups in total. The monoisotopic (exact) mass is 399 g/mol. The van der Waals surface area contributed by atoms with Crippen molar-refractivity contribution in [3.63, 3.8) is 0 Å². The number of nitrogens with zero attached hydrogens (tertiary/aromatic N) is 1. The van der Waals surface area contributed by atoms with E-state index >= 15 is 0 Å². The molecule has 7 nitrogen and oxygen atoms in total. The van der Waals surface area contributed by atoms with Crippen LogP contribution in [0.1, 0.15) is 40.9 Å². The number of hydrogen-bond acceptors (Lipinski definition) is 6. The minimum absolute atomic E-state index is 0.200. The predicted molar refractivity (Wildman–Crippen MR) is 111 cm³/mol. The molecule has 0 spiro atoms. The number of benzene rings is 1. The average Bonchev–Trinajstić information content (AvgIpc) is 2.70. The molecule has 0 aliphatic carbocycles. The third-order valence-corrected chi connectivity index (χ3v) is 4.27. The molecule has 0 saturated carbocycles.